The van der Waals surface area contributed by atoms with Crippen LogP contribution in [0.2, 0.25) is 15.1 Å². The van der Waals surface area contributed by atoms with Crippen molar-refractivity contribution < 1.29 is 14.7 Å². The van der Waals surface area contributed by atoms with Crippen molar-refractivity contribution in [2.45, 2.75) is 31.8 Å². The monoisotopic (exact) mass is 532 g/mol. The molecule has 0 aromatic heterocycles. The minimum absolute atomic E-state index is 0.156. The van der Waals surface area contributed by atoms with Crippen molar-refractivity contribution in [1.29, 1.82) is 0 Å². The van der Waals surface area contributed by atoms with E-state index in [1.54, 1.807) is 12.1 Å². The number of rotatable bonds is 11. The molecule has 0 saturated carbocycles. The maximum Gasteiger partial charge on any atom is 0.145 e. The summed E-state index contributed by atoms with van der Waals surface area (Å²) >= 11 is 18.4. The van der Waals surface area contributed by atoms with Crippen LogP contribution in [0.1, 0.15) is 23.1 Å². The van der Waals surface area contributed by atoms with Gasteiger partial charge in [0.25, 0.3) is 0 Å². The van der Waals surface area contributed by atoms with Crippen molar-refractivity contribution >= 4 is 40.5 Å². The number of aliphatic hydroxyl groups excluding tert-OH is 1. The second-order valence-corrected chi connectivity index (χ2v) is 9.83. The van der Waals surface area contributed by atoms with Crippen LogP contribution in [0.5, 0.6) is 0 Å². The minimum Gasteiger partial charge on any atom is -0.390 e. The number of benzene rings is 3. The summed E-state index contributed by atoms with van der Waals surface area (Å²) in [5, 5.41) is 16.6. The van der Waals surface area contributed by atoms with Crippen molar-refractivity contribution in [1.82, 2.24) is 4.90 Å². The molecule has 184 valence electrons. The van der Waals surface area contributed by atoms with Gasteiger partial charge in [-0.2, -0.15) is 0 Å². The van der Waals surface area contributed by atoms with Crippen LogP contribution in [0.25, 0.3) is 0 Å². The first-order valence-corrected chi connectivity index (χ1v) is 12.5. The van der Waals surface area contributed by atoms with Crippen LogP contribution in [0.3, 0.4) is 0 Å². The van der Waals surface area contributed by atoms with Gasteiger partial charge in [-0.05, 0) is 35.4 Å². The van der Waals surface area contributed by atoms with Gasteiger partial charge in [-0.25, -0.2) is 0 Å². The Morgan fingerprint density at radius 1 is 0.971 bits per heavy atom. The number of nitrogens with zero attached hydrogens (tertiary/aromatic N) is 2. The highest BCUT2D eigenvalue weighted by Gasteiger charge is 2.26. The molecule has 8 heteroatoms. The molecule has 35 heavy (non-hydrogen) atoms. The molecule has 1 heterocycles. The normalized spacial score (nSPS) is 16.3. The van der Waals surface area contributed by atoms with Crippen LogP contribution < -0.4 is 0 Å². The van der Waals surface area contributed by atoms with Gasteiger partial charge < -0.3 is 14.7 Å². The molecule has 1 aliphatic rings. The molecule has 0 radical (unpaired) electrons. The van der Waals surface area contributed by atoms with Crippen LogP contribution >= 0.6 is 34.8 Å². The summed E-state index contributed by atoms with van der Waals surface area (Å²) in [6, 6.07) is 23.1. The summed E-state index contributed by atoms with van der Waals surface area (Å²) in [5.41, 5.74) is 3.83. The van der Waals surface area contributed by atoms with Crippen LogP contribution in [0, 0.1) is 0 Å². The average molecular weight is 534 g/mol. The lowest BCUT2D eigenvalue weighted by Crippen LogP contribution is -2.39. The van der Waals surface area contributed by atoms with E-state index >= 15 is 0 Å². The lowest BCUT2D eigenvalue weighted by atomic mass is 10.0. The molecule has 4 rings (SSSR count). The van der Waals surface area contributed by atoms with E-state index in [0.717, 1.165) is 22.4 Å². The van der Waals surface area contributed by atoms with Gasteiger partial charge >= 0.3 is 0 Å². The van der Waals surface area contributed by atoms with Crippen molar-refractivity contribution in [3.63, 3.8) is 0 Å². The van der Waals surface area contributed by atoms with Gasteiger partial charge in [0.2, 0.25) is 0 Å². The van der Waals surface area contributed by atoms with Gasteiger partial charge in [0.1, 0.15) is 6.10 Å². The third-order valence-electron chi connectivity index (χ3n) is 5.63. The summed E-state index contributed by atoms with van der Waals surface area (Å²) in [4.78, 5) is 7.87. The summed E-state index contributed by atoms with van der Waals surface area (Å²) in [7, 11) is 0. The third-order valence-corrected chi connectivity index (χ3v) is 6.61. The number of hydrogen-bond acceptors (Lipinski definition) is 5. The fourth-order valence-electron chi connectivity index (χ4n) is 4.00. The van der Waals surface area contributed by atoms with Gasteiger partial charge in [-0.3, -0.25) is 4.90 Å². The van der Waals surface area contributed by atoms with E-state index < -0.39 is 6.10 Å². The fourth-order valence-corrected chi connectivity index (χ4v) is 4.51. The number of hydrogen-bond donors (Lipinski definition) is 1. The summed E-state index contributed by atoms with van der Waals surface area (Å²) in [6.07, 6.45) is -0.184. The van der Waals surface area contributed by atoms with Crippen molar-refractivity contribution in [3.8, 4) is 0 Å². The van der Waals surface area contributed by atoms with E-state index in [1.165, 1.54) is 0 Å². The molecular weight excluding hydrogens is 507 g/mol. The van der Waals surface area contributed by atoms with Crippen LogP contribution in [-0.2, 0) is 22.7 Å². The van der Waals surface area contributed by atoms with Gasteiger partial charge in [0.05, 0.1) is 35.1 Å². The zero-order valence-corrected chi connectivity index (χ0v) is 21.4. The van der Waals surface area contributed by atoms with Crippen molar-refractivity contribution in [3.05, 3.63) is 105 Å². The van der Waals surface area contributed by atoms with Crippen LogP contribution in [0.4, 0.5) is 0 Å². The van der Waals surface area contributed by atoms with Gasteiger partial charge in [-0.15, -0.1) is 0 Å². The van der Waals surface area contributed by atoms with Crippen molar-refractivity contribution in [2.75, 3.05) is 19.7 Å². The Kier molecular flexibility index (Phi) is 9.44. The maximum atomic E-state index is 10.7. The summed E-state index contributed by atoms with van der Waals surface area (Å²) < 4.78 is 5.74. The average Bonchev–Trinajstić information content (AvgIpc) is 3.30. The lowest BCUT2D eigenvalue weighted by Gasteiger charge is -2.27. The SMILES string of the molecule is O[C@H](COCc1ccccc1)CN(Cc1cccc(Cl)c1)C[C@H]1CC(c2ccc(Cl)c(Cl)c2)=NO1. The van der Waals surface area contributed by atoms with E-state index in [1.807, 2.05) is 60.7 Å². The van der Waals surface area contributed by atoms with E-state index in [4.69, 9.17) is 44.4 Å². The van der Waals surface area contributed by atoms with Crippen LogP contribution in [0.15, 0.2) is 78.0 Å². The Balaban J connectivity index is 1.35. The highest BCUT2D eigenvalue weighted by Crippen LogP contribution is 2.26. The molecule has 3 aromatic carbocycles. The predicted molar refractivity (Wildman–Crippen MR) is 141 cm³/mol. The standard InChI is InChI=1S/C27H27Cl3N2O3/c28-22-8-4-7-20(11-22)14-32(15-23(33)18-34-17-19-5-2-1-3-6-19)16-24-13-27(31-35-24)21-9-10-25(29)26(30)12-21/h1-12,23-24,33H,13-18H2/t23-,24+/m0/s1. The van der Waals surface area contributed by atoms with Gasteiger partial charge in [0, 0.05) is 36.6 Å². The Hall–Kier alpha value is -2.12. The van der Waals surface area contributed by atoms with E-state index in [0.29, 0.717) is 47.7 Å². The number of ether oxygens (including phenoxy) is 1. The van der Waals surface area contributed by atoms with E-state index in [-0.39, 0.29) is 12.7 Å². The fraction of sp³-hybridized carbons (Fsp3) is 0.296. The van der Waals surface area contributed by atoms with Crippen LogP contribution in [-0.4, -0.2) is 47.6 Å². The molecule has 0 bridgehead atoms. The Morgan fingerprint density at radius 3 is 2.54 bits per heavy atom. The highest BCUT2D eigenvalue weighted by atomic mass is 35.5. The van der Waals surface area contributed by atoms with Gasteiger partial charge in [0.15, 0.2) is 0 Å². The predicted octanol–water partition coefficient (Wildman–Crippen LogP) is 6.22. The lowest BCUT2D eigenvalue weighted by molar-refractivity contribution is -0.00648. The Morgan fingerprint density at radius 2 is 1.77 bits per heavy atom. The molecule has 0 spiro atoms. The molecule has 0 amide bonds. The quantitative estimate of drug-likeness (QED) is 0.318. The summed E-state index contributed by atoms with van der Waals surface area (Å²) in [6.45, 7) is 2.30. The first kappa shape index (κ1) is 26.0. The molecule has 0 unspecified atom stereocenters. The zero-order valence-electron chi connectivity index (χ0n) is 19.1. The van der Waals surface area contributed by atoms with E-state index in [2.05, 4.69) is 10.1 Å². The molecule has 0 fully saturated rings. The molecule has 1 N–H and O–H groups in total. The molecule has 5 nitrogen and oxygen atoms in total. The smallest absolute Gasteiger partial charge is 0.145 e. The maximum absolute atomic E-state index is 10.7. The number of oxime groups is 1. The van der Waals surface area contributed by atoms with Crippen molar-refractivity contribution in [2.24, 2.45) is 5.16 Å². The Bertz CT molecular complexity index is 1140. The first-order chi connectivity index (χ1) is 17.0. The first-order valence-electron chi connectivity index (χ1n) is 11.4. The van der Waals surface area contributed by atoms with Gasteiger partial charge in [-0.1, -0.05) is 88.5 Å². The molecule has 3 aromatic rings. The molecule has 0 saturated heterocycles. The largest absolute Gasteiger partial charge is 0.390 e. The molecular formula is C27H27Cl3N2O3. The molecule has 2 atom stereocenters. The second-order valence-electron chi connectivity index (χ2n) is 8.58. The van der Waals surface area contributed by atoms with E-state index in [9.17, 15) is 5.11 Å². The summed E-state index contributed by atoms with van der Waals surface area (Å²) in [5.74, 6) is 0. The second kappa shape index (κ2) is 12.7. The number of aliphatic hydroxyl groups is 1. The Labute approximate surface area is 220 Å². The zero-order chi connectivity index (χ0) is 24.6. The minimum atomic E-state index is -0.658. The third kappa shape index (κ3) is 7.94. The molecule has 0 aliphatic carbocycles. The topological polar surface area (TPSA) is 54.3 Å². The number of halogens is 3. The highest BCUT2D eigenvalue weighted by molar-refractivity contribution is 6.42. The molecule has 1 aliphatic heterocycles.